The number of ether oxygens (including phenoxy) is 1. The van der Waals surface area contributed by atoms with Gasteiger partial charge in [-0.05, 0) is 38.1 Å². The highest BCUT2D eigenvalue weighted by atomic mass is 16.5. The van der Waals surface area contributed by atoms with Gasteiger partial charge in [-0.1, -0.05) is 0 Å². The maximum atomic E-state index is 12.4. The van der Waals surface area contributed by atoms with Crippen LogP contribution in [0.5, 0.6) is 5.75 Å². The monoisotopic (exact) mass is 305 g/mol. The van der Waals surface area contributed by atoms with E-state index >= 15 is 0 Å². The highest BCUT2D eigenvalue weighted by molar-refractivity contribution is 5.94. The second-order valence-corrected chi connectivity index (χ2v) is 5.07. The van der Waals surface area contributed by atoms with Gasteiger partial charge < -0.3 is 19.9 Å². The number of urea groups is 1. The van der Waals surface area contributed by atoms with Crippen LogP contribution in [0.2, 0.25) is 0 Å². The van der Waals surface area contributed by atoms with Crippen molar-refractivity contribution in [1.29, 1.82) is 0 Å². The maximum absolute atomic E-state index is 12.4. The van der Waals surface area contributed by atoms with Crippen LogP contribution in [0.3, 0.4) is 0 Å². The van der Waals surface area contributed by atoms with Crippen molar-refractivity contribution in [3.8, 4) is 5.75 Å². The smallest absolute Gasteiger partial charge is 0.317 e. The van der Waals surface area contributed by atoms with Crippen LogP contribution in [0, 0.1) is 0 Å². The fraction of sp³-hybridized carbons (Fsp3) is 0.500. The lowest BCUT2D eigenvalue weighted by molar-refractivity contribution is 0.0665. The van der Waals surface area contributed by atoms with Crippen LogP contribution < -0.4 is 10.1 Å². The Bertz CT molecular complexity index is 508. The Labute approximate surface area is 131 Å². The minimum absolute atomic E-state index is 0.00130. The van der Waals surface area contributed by atoms with Gasteiger partial charge in [-0.3, -0.25) is 4.79 Å². The van der Waals surface area contributed by atoms with Crippen molar-refractivity contribution in [3.63, 3.8) is 0 Å². The standard InChI is InChI=1S/C16H23N3O3/c1-3-17-16(21)19-11-9-18(10-12-19)15(20)13-5-7-14(8-6-13)22-4-2/h5-8H,3-4,9-12H2,1-2H3,(H,17,21). The number of piperazine rings is 1. The molecule has 0 aliphatic carbocycles. The Morgan fingerprint density at radius 1 is 1.05 bits per heavy atom. The second kappa shape index (κ2) is 7.68. The number of nitrogens with one attached hydrogen (secondary N) is 1. The minimum Gasteiger partial charge on any atom is -0.494 e. The normalized spacial score (nSPS) is 14.6. The van der Waals surface area contributed by atoms with Crippen molar-refractivity contribution in [2.24, 2.45) is 0 Å². The Morgan fingerprint density at radius 2 is 1.64 bits per heavy atom. The van der Waals surface area contributed by atoms with Gasteiger partial charge in [-0.2, -0.15) is 0 Å². The molecule has 0 bridgehead atoms. The lowest BCUT2D eigenvalue weighted by Crippen LogP contribution is -2.53. The molecule has 0 atom stereocenters. The summed E-state index contributed by atoms with van der Waals surface area (Å²) in [7, 11) is 0. The van der Waals surface area contributed by atoms with E-state index in [1.807, 2.05) is 26.0 Å². The molecule has 1 heterocycles. The number of hydrogen-bond acceptors (Lipinski definition) is 3. The van der Waals surface area contributed by atoms with Gasteiger partial charge >= 0.3 is 6.03 Å². The van der Waals surface area contributed by atoms with E-state index in [2.05, 4.69) is 5.32 Å². The van der Waals surface area contributed by atoms with Crippen molar-refractivity contribution >= 4 is 11.9 Å². The van der Waals surface area contributed by atoms with E-state index in [9.17, 15) is 9.59 Å². The Kier molecular flexibility index (Phi) is 5.63. The summed E-state index contributed by atoms with van der Waals surface area (Å²) in [5.74, 6) is 0.763. The van der Waals surface area contributed by atoms with E-state index in [4.69, 9.17) is 4.74 Å². The molecule has 0 saturated carbocycles. The molecular weight excluding hydrogens is 282 g/mol. The first-order valence-corrected chi connectivity index (χ1v) is 7.70. The second-order valence-electron chi connectivity index (χ2n) is 5.07. The van der Waals surface area contributed by atoms with Gasteiger partial charge in [0.25, 0.3) is 5.91 Å². The zero-order chi connectivity index (χ0) is 15.9. The molecule has 1 fully saturated rings. The first-order chi connectivity index (χ1) is 10.7. The molecule has 6 heteroatoms. The van der Waals surface area contributed by atoms with E-state index in [1.54, 1.807) is 21.9 Å². The number of rotatable bonds is 4. The summed E-state index contributed by atoms with van der Waals surface area (Å²) in [5.41, 5.74) is 0.648. The molecule has 1 N–H and O–H groups in total. The summed E-state index contributed by atoms with van der Waals surface area (Å²) < 4.78 is 5.37. The molecule has 1 aliphatic rings. The quantitative estimate of drug-likeness (QED) is 0.918. The highest BCUT2D eigenvalue weighted by Gasteiger charge is 2.24. The van der Waals surface area contributed by atoms with Gasteiger partial charge in [0.1, 0.15) is 5.75 Å². The van der Waals surface area contributed by atoms with Crippen LogP contribution in [0.15, 0.2) is 24.3 Å². The summed E-state index contributed by atoms with van der Waals surface area (Å²) in [6.45, 7) is 7.28. The average Bonchev–Trinajstić information content (AvgIpc) is 2.55. The van der Waals surface area contributed by atoms with Gasteiger partial charge in [0.15, 0.2) is 0 Å². The van der Waals surface area contributed by atoms with Crippen LogP contribution >= 0.6 is 0 Å². The number of benzene rings is 1. The van der Waals surface area contributed by atoms with E-state index in [-0.39, 0.29) is 11.9 Å². The van der Waals surface area contributed by atoms with E-state index in [0.717, 1.165) is 5.75 Å². The Hall–Kier alpha value is -2.24. The third-order valence-electron chi connectivity index (χ3n) is 3.59. The molecule has 1 aromatic rings. The fourth-order valence-corrected chi connectivity index (χ4v) is 2.42. The van der Waals surface area contributed by atoms with Crippen molar-refractivity contribution in [1.82, 2.24) is 15.1 Å². The van der Waals surface area contributed by atoms with Gasteiger partial charge in [-0.15, -0.1) is 0 Å². The van der Waals surface area contributed by atoms with Gasteiger partial charge in [0.2, 0.25) is 0 Å². The summed E-state index contributed by atoms with van der Waals surface area (Å²) in [4.78, 5) is 27.7. The van der Waals surface area contributed by atoms with E-state index in [1.165, 1.54) is 0 Å². The first kappa shape index (κ1) is 16.1. The maximum Gasteiger partial charge on any atom is 0.317 e. The summed E-state index contributed by atoms with van der Waals surface area (Å²) in [6, 6.07) is 7.12. The Balaban J connectivity index is 1.90. The van der Waals surface area contributed by atoms with Gasteiger partial charge in [0.05, 0.1) is 6.61 Å². The number of carbonyl (C=O) groups excluding carboxylic acids is 2. The van der Waals surface area contributed by atoms with Crippen molar-refractivity contribution < 1.29 is 14.3 Å². The molecule has 6 nitrogen and oxygen atoms in total. The van der Waals surface area contributed by atoms with E-state index < -0.39 is 0 Å². The third-order valence-corrected chi connectivity index (χ3v) is 3.59. The molecule has 0 unspecified atom stereocenters. The van der Waals surface area contributed by atoms with Gasteiger partial charge in [0, 0.05) is 38.3 Å². The van der Waals surface area contributed by atoms with Gasteiger partial charge in [-0.25, -0.2) is 4.79 Å². The molecule has 22 heavy (non-hydrogen) atoms. The molecule has 1 aromatic carbocycles. The molecule has 1 saturated heterocycles. The van der Waals surface area contributed by atoms with Crippen molar-refractivity contribution in [3.05, 3.63) is 29.8 Å². The molecule has 120 valence electrons. The largest absolute Gasteiger partial charge is 0.494 e. The Morgan fingerprint density at radius 3 is 2.18 bits per heavy atom. The van der Waals surface area contributed by atoms with Crippen LogP contribution in [0.25, 0.3) is 0 Å². The third kappa shape index (κ3) is 3.90. The summed E-state index contributed by atoms with van der Waals surface area (Å²) in [6.07, 6.45) is 0. The van der Waals surface area contributed by atoms with Crippen LogP contribution in [0.4, 0.5) is 4.79 Å². The zero-order valence-electron chi connectivity index (χ0n) is 13.2. The zero-order valence-corrected chi connectivity index (χ0v) is 13.2. The van der Waals surface area contributed by atoms with Crippen LogP contribution in [-0.4, -0.2) is 61.1 Å². The van der Waals surface area contributed by atoms with Crippen molar-refractivity contribution in [2.75, 3.05) is 39.3 Å². The molecule has 0 spiro atoms. The molecule has 0 aromatic heterocycles. The molecule has 0 radical (unpaired) electrons. The topological polar surface area (TPSA) is 61.9 Å². The summed E-state index contributed by atoms with van der Waals surface area (Å²) >= 11 is 0. The van der Waals surface area contributed by atoms with Crippen LogP contribution in [-0.2, 0) is 0 Å². The summed E-state index contributed by atoms with van der Waals surface area (Å²) in [5, 5.41) is 2.78. The van der Waals surface area contributed by atoms with E-state index in [0.29, 0.717) is 44.9 Å². The number of carbonyl (C=O) groups is 2. The van der Waals surface area contributed by atoms with Crippen LogP contribution in [0.1, 0.15) is 24.2 Å². The predicted octanol–water partition coefficient (Wildman–Crippen LogP) is 1.57. The number of nitrogens with zero attached hydrogens (tertiary/aromatic N) is 2. The predicted molar refractivity (Wildman–Crippen MR) is 84.2 cm³/mol. The lowest BCUT2D eigenvalue weighted by Gasteiger charge is -2.34. The fourth-order valence-electron chi connectivity index (χ4n) is 2.42. The minimum atomic E-state index is -0.0596. The first-order valence-electron chi connectivity index (χ1n) is 7.70. The molecule has 2 rings (SSSR count). The molecular formula is C16H23N3O3. The lowest BCUT2D eigenvalue weighted by atomic mass is 10.1. The molecule has 1 aliphatic heterocycles. The number of amides is 3. The SMILES string of the molecule is CCNC(=O)N1CCN(C(=O)c2ccc(OCC)cc2)CC1. The average molecular weight is 305 g/mol. The highest BCUT2D eigenvalue weighted by Crippen LogP contribution is 2.14. The molecule has 3 amide bonds. The van der Waals surface area contributed by atoms with Crippen molar-refractivity contribution in [2.45, 2.75) is 13.8 Å². The number of hydrogen-bond donors (Lipinski definition) is 1.